The van der Waals surface area contributed by atoms with Crippen molar-refractivity contribution >= 4 is 11.8 Å². The SMILES string of the molecule is CNC(c1ccccc1)C(C)Sc1nnnn1C1CC1. The van der Waals surface area contributed by atoms with E-state index in [1.54, 1.807) is 11.8 Å². The van der Waals surface area contributed by atoms with Crippen LogP contribution in [0.1, 0.15) is 37.4 Å². The Labute approximate surface area is 123 Å². The number of hydrogen-bond donors (Lipinski definition) is 1. The molecule has 1 heterocycles. The molecule has 1 saturated carbocycles. The Kier molecular flexibility index (Phi) is 4.03. The molecule has 106 valence electrons. The number of hydrogen-bond acceptors (Lipinski definition) is 5. The highest BCUT2D eigenvalue weighted by molar-refractivity contribution is 7.99. The number of tetrazole rings is 1. The average molecular weight is 289 g/mol. The van der Waals surface area contributed by atoms with E-state index in [0.29, 0.717) is 11.3 Å². The van der Waals surface area contributed by atoms with E-state index in [-0.39, 0.29) is 6.04 Å². The van der Waals surface area contributed by atoms with Crippen molar-refractivity contribution in [3.8, 4) is 0 Å². The van der Waals surface area contributed by atoms with Gasteiger partial charge in [0.2, 0.25) is 5.16 Å². The van der Waals surface area contributed by atoms with E-state index >= 15 is 0 Å². The van der Waals surface area contributed by atoms with E-state index in [0.717, 1.165) is 5.16 Å². The van der Waals surface area contributed by atoms with Crippen LogP contribution in [0.2, 0.25) is 0 Å². The fraction of sp³-hybridized carbons (Fsp3) is 0.500. The van der Waals surface area contributed by atoms with Gasteiger partial charge in [0.25, 0.3) is 0 Å². The fourth-order valence-electron chi connectivity index (χ4n) is 2.38. The second kappa shape index (κ2) is 5.93. The number of rotatable bonds is 6. The minimum Gasteiger partial charge on any atom is -0.312 e. The standard InChI is InChI=1S/C14H19N5S/c1-10(13(15-2)11-6-4-3-5-7-11)20-14-16-17-18-19(14)12-8-9-12/h3-7,10,12-13,15H,8-9H2,1-2H3. The first kappa shape index (κ1) is 13.6. The average Bonchev–Trinajstić information content (AvgIpc) is 3.21. The molecule has 0 amide bonds. The van der Waals surface area contributed by atoms with Gasteiger partial charge >= 0.3 is 0 Å². The number of thioether (sulfide) groups is 1. The summed E-state index contributed by atoms with van der Waals surface area (Å²) in [5.41, 5.74) is 1.29. The van der Waals surface area contributed by atoms with Crippen LogP contribution in [0.25, 0.3) is 0 Å². The zero-order valence-corrected chi connectivity index (χ0v) is 12.5. The summed E-state index contributed by atoms with van der Waals surface area (Å²) in [6, 6.07) is 11.3. The highest BCUT2D eigenvalue weighted by Crippen LogP contribution is 2.38. The summed E-state index contributed by atoms with van der Waals surface area (Å²) in [6.45, 7) is 2.21. The molecule has 1 aromatic heterocycles. The van der Waals surface area contributed by atoms with Gasteiger partial charge in [0.1, 0.15) is 0 Å². The van der Waals surface area contributed by atoms with Crippen LogP contribution in [0, 0.1) is 0 Å². The van der Waals surface area contributed by atoms with E-state index in [1.807, 2.05) is 17.8 Å². The first-order valence-corrected chi connectivity index (χ1v) is 7.84. The molecule has 0 radical (unpaired) electrons. The third kappa shape index (κ3) is 2.86. The van der Waals surface area contributed by atoms with Gasteiger partial charge in [-0.05, 0) is 35.9 Å². The number of nitrogens with zero attached hydrogens (tertiary/aromatic N) is 4. The third-order valence-electron chi connectivity index (χ3n) is 3.59. The summed E-state index contributed by atoms with van der Waals surface area (Å²) in [5.74, 6) is 0. The summed E-state index contributed by atoms with van der Waals surface area (Å²) in [5, 5.41) is 16.8. The summed E-state index contributed by atoms with van der Waals surface area (Å²) in [4.78, 5) is 0. The molecule has 1 N–H and O–H groups in total. The Bertz CT molecular complexity index is 552. The topological polar surface area (TPSA) is 55.6 Å². The zero-order chi connectivity index (χ0) is 13.9. The maximum absolute atomic E-state index is 4.16. The van der Waals surface area contributed by atoms with Crippen molar-refractivity contribution in [3.63, 3.8) is 0 Å². The molecule has 2 unspecified atom stereocenters. The van der Waals surface area contributed by atoms with Crippen molar-refractivity contribution in [2.24, 2.45) is 0 Å². The van der Waals surface area contributed by atoms with Gasteiger partial charge < -0.3 is 5.32 Å². The van der Waals surface area contributed by atoms with Crippen LogP contribution < -0.4 is 5.32 Å². The largest absolute Gasteiger partial charge is 0.312 e. The predicted molar refractivity (Wildman–Crippen MR) is 79.6 cm³/mol. The molecule has 0 spiro atoms. The molecule has 1 aromatic carbocycles. The van der Waals surface area contributed by atoms with Crippen LogP contribution in [0.4, 0.5) is 0 Å². The maximum atomic E-state index is 4.16. The molecule has 5 nitrogen and oxygen atoms in total. The van der Waals surface area contributed by atoms with Gasteiger partial charge in [0.15, 0.2) is 0 Å². The van der Waals surface area contributed by atoms with Gasteiger partial charge in [0, 0.05) is 11.3 Å². The van der Waals surface area contributed by atoms with Crippen LogP contribution in [-0.4, -0.2) is 32.5 Å². The van der Waals surface area contributed by atoms with Crippen LogP contribution >= 0.6 is 11.8 Å². The quantitative estimate of drug-likeness (QED) is 0.828. The van der Waals surface area contributed by atoms with Gasteiger partial charge in [-0.2, -0.15) is 0 Å². The minimum atomic E-state index is 0.283. The van der Waals surface area contributed by atoms with Crippen LogP contribution in [0.5, 0.6) is 0 Å². The molecule has 3 rings (SSSR count). The molecule has 1 fully saturated rings. The zero-order valence-electron chi connectivity index (χ0n) is 11.7. The van der Waals surface area contributed by atoms with Gasteiger partial charge in [-0.25, -0.2) is 4.68 Å². The monoisotopic (exact) mass is 289 g/mol. The van der Waals surface area contributed by atoms with Gasteiger partial charge in [-0.3, -0.25) is 0 Å². The van der Waals surface area contributed by atoms with Crippen molar-refractivity contribution in [2.75, 3.05) is 7.05 Å². The van der Waals surface area contributed by atoms with Crippen molar-refractivity contribution in [1.29, 1.82) is 0 Å². The van der Waals surface area contributed by atoms with Crippen LogP contribution in [0.3, 0.4) is 0 Å². The minimum absolute atomic E-state index is 0.283. The highest BCUT2D eigenvalue weighted by Gasteiger charge is 2.29. The maximum Gasteiger partial charge on any atom is 0.209 e. The van der Waals surface area contributed by atoms with Crippen molar-refractivity contribution < 1.29 is 0 Å². The molecule has 0 aliphatic heterocycles. The van der Waals surface area contributed by atoms with E-state index < -0.39 is 0 Å². The number of benzene rings is 1. The Hall–Kier alpha value is -1.40. The molecule has 6 heteroatoms. The lowest BCUT2D eigenvalue weighted by Gasteiger charge is -2.23. The third-order valence-corrected chi connectivity index (χ3v) is 4.71. The molecule has 1 aliphatic rings. The second-order valence-electron chi connectivity index (χ2n) is 5.14. The van der Waals surface area contributed by atoms with E-state index in [4.69, 9.17) is 0 Å². The Morgan fingerprint density at radius 2 is 2.05 bits per heavy atom. The van der Waals surface area contributed by atoms with Crippen molar-refractivity contribution in [2.45, 2.75) is 42.3 Å². The normalized spacial score (nSPS) is 17.9. The smallest absolute Gasteiger partial charge is 0.209 e. The van der Waals surface area contributed by atoms with Crippen LogP contribution in [0.15, 0.2) is 35.5 Å². The lowest BCUT2D eigenvalue weighted by molar-refractivity contribution is 0.557. The van der Waals surface area contributed by atoms with Crippen molar-refractivity contribution in [1.82, 2.24) is 25.5 Å². The molecule has 2 aromatic rings. The molecular formula is C14H19N5S. The molecule has 0 bridgehead atoms. The molecule has 0 saturated heterocycles. The number of aromatic nitrogens is 4. The van der Waals surface area contributed by atoms with E-state index in [9.17, 15) is 0 Å². The van der Waals surface area contributed by atoms with Crippen molar-refractivity contribution in [3.05, 3.63) is 35.9 Å². The molecule has 20 heavy (non-hydrogen) atoms. The van der Waals surface area contributed by atoms with Gasteiger partial charge in [-0.15, -0.1) is 5.10 Å². The summed E-state index contributed by atoms with van der Waals surface area (Å²) in [7, 11) is 2.00. The number of nitrogens with one attached hydrogen (secondary N) is 1. The van der Waals surface area contributed by atoms with Crippen LogP contribution in [-0.2, 0) is 0 Å². The lowest BCUT2D eigenvalue weighted by atomic mass is 10.0. The predicted octanol–water partition coefficient (Wildman–Crippen LogP) is 2.45. The molecular weight excluding hydrogens is 270 g/mol. The van der Waals surface area contributed by atoms with E-state index in [2.05, 4.69) is 52.0 Å². The summed E-state index contributed by atoms with van der Waals surface area (Å²) < 4.78 is 1.97. The summed E-state index contributed by atoms with van der Waals surface area (Å²) in [6.07, 6.45) is 2.39. The van der Waals surface area contributed by atoms with E-state index in [1.165, 1.54) is 18.4 Å². The molecule has 2 atom stereocenters. The first-order chi connectivity index (χ1) is 9.79. The first-order valence-electron chi connectivity index (χ1n) is 6.96. The Morgan fingerprint density at radius 1 is 1.30 bits per heavy atom. The van der Waals surface area contributed by atoms with Gasteiger partial charge in [-0.1, -0.05) is 49.0 Å². The van der Waals surface area contributed by atoms with Gasteiger partial charge in [0.05, 0.1) is 6.04 Å². The second-order valence-corrected chi connectivity index (χ2v) is 6.48. The summed E-state index contributed by atoms with van der Waals surface area (Å²) >= 11 is 1.74. The highest BCUT2D eigenvalue weighted by atomic mass is 32.2. The fourth-order valence-corrected chi connectivity index (χ4v) is 3.52. The molecule has 1 aliphatic carbocycles. The Morgan fingerprint density at radius 3 is 2.70 bits per heavy atom. The lowest BCUT2D eigenvalue weighted by Crippen LogP contribution is -2.25. The Balaban J connectivity index is 1.74.